The van der Waals surface area contributed by atoms with Gasteiger partial charge in [-0.2, -0.15) is 52.7 Å². The molecule has 0 atom stereocenters. The maximum absolute atomic E-state index is 13.3. The summed E-state index contributed by atoms with van der Waals surface area (Å²) in [5, 5.41) is 8.35. The van der Waals surface area contributed by atoms with Gasteiger partial charge in [-0.15, -0.1) is 0 Å². The molecule has 0 aromatic carbocycles. The van der Waals surface area contributed by atoms with Crippen LogP contribution in [0.15, 0.2) is 0 Å². The molecular formula is C11H7F16NO2. The van der Waals surface area contributed by atoms with Crippen molar-refractivity contribution in [1.82, 2.24) is 4.90 Å². The molecule has 1 N–H and O–H groups in total. The molecule has 0 rings (SSSR count). The molecule has 0 saturated carbocycles. The second-order valence-electron chi connectivity index (χ2n) is 5.54. The average molecular weight is 489 g/mol. The van der Waals surface area contributed by atoms with Crippen LogP contribution in [0.2, 0.25) is 0 Å². The molecule has 0 radical (unpaired) electrons. The zero-order chi connectivity index (χ0) is 24.7. The number of hydrogen-bond acceptors (Lipinski definition) is 1. The lowest BCUT2D eigenvalue weighted by atomic mass is 10.0. The van der Waals surface area contributed by atoms with Crippen molar-refractivity contribution in [2.24, 2.45) is 0 Å². The highest BCUT2D eigenvalue weighted by Gasteiger charge is 2.78. The number of alkyl halides is 16. The quantitative estimate of drug-likeness (QED) is 0.423. The van der Waals surface area contributed by atoms with Gasteiger partial charge in [0.05, 0.1) is 13.1 Å². The first kappa shape index (κ1) is 28.1. The number of hydrogen-bond donors (Lipinski definition) is 1. The van der Waals surface area contributed by atoms with E-state index in [1.54, 1.807) is 0 Å². The third-order valence-corrected chi connectivity index (χ3v) is 3.35. The average Bonchev–Trinajstić information content (AvgIpc) is 2.52. The predicted molar refractivity (Wildman–Crippen MR) is 61.3 cm³/mol. The van der Waals surface area contributed by atoms with Gasteiger partial charge in [-0.3, -0.25) is 4.90 Å². The number of nitrogens with zero attached hydrogens (tertiary/aromatic N) is 1. The van der Waals surface area contributed by atoms with E-state index in [1.807, 2.05) is 0 Å². The van der Waals surface area contributed by atoms with Crippen LogP contribution in [0.5, 0.6) is 0 Å². The molecule has 0 fully saturated rings. The van der Waals surface area contributed by atoms with E-state index >= 15 is 0 Å². The van der Waals surface area contributed by atoms with Gasteiger partial charge < -0.3 is 5.11 Å². The summed E-state index contributed by atoms with van der Waals surface area (Å²) in [7, 11) is 0. The van der Waals surface area contributed by atoms with Gasteiger partial charge in [0, 0.05) is 0 Å². The van der Waals surface area contributed by atoms with Gasteiger partial charge in [-0.25, -0.2) is 22.4 Å². The second kappa shape index (κ2) is 8.01. The Hall–Kier alpha value is -1.85. The van der Waals surface area contributed by atoms with Crippen molar-refractivity contribution in [2.75, 3.05) is 13.1 Å². The summed E-state index contributed by atoms with van der Waals surface area (Å²) >= 11 is 0. The van der Waals surface area contributed by atoms with Gasteiger partial charge in [0.15, 0.2) is 0 Å². The molecule has 0 aromatic heterocycles. The molecule has 0 spiro atoms. The van der Waals surface area contributed by atoms with Crippen LogP contribution in [-0.4, -0.2) is 77.6 Å². The molecule has 0 bridgehead atoms. The summed E-state index contributed by atoms with van der Waals surface area (Å²) in [4.78, 5) is 8.65. The summed E-state index contributed by atoms with van der Waals surface area (Å²) < 4.78 is 204. The minimum absolute atomic E-state index is 1.93. The van der Waals surface area contributed by atoms with E-state index < -0.39 is 72.5 Å². The number of halogens is 16. The fourth-order valence-corrected chi connectivity index (χ4v) is 1.63. The predicted octanol–water partition coefficient (Wildman–Crippen LogP) is 5.31. The highest BCUT2D eigenvalue weighted by atomic mass is 19.4. The van der Waals surface area contributed by atoms with Crippen LogP contribution < -0.4 is 0 Å². The Morgan fingerprint density at radius 1 is 0.633 bits per heavy atom. The minimum Gasteiger partial charge on any atom is -0.465 e. The Morgan fingerprint density at radius 2 is 0.867 bits per heavy atom. The van der Waals surface area contributed by atoms with Crippen LogP contribution >= 0.6 is 0 Å². The van der Waals surface area contributed by atoms with Crippen molar-refractivity contribution in [3.63, 3.8) is 0 Å². The molecule has 19 heteroatoms. The summed E-state index contributed by atoms with van der Waals surface area (Å²) in [5.74, 6) is -41.4. The molecule has 1 amide bonds. The van der Waals surface area contributed by atoms with Crippen LogP contribution in [0.1, 0.15) is 0 Å². The Kier molecular flexibility index (Phi) is 7.51. The zero-order valence-corrected chi connectivity index (χ0v) is 13.4. The summed E-state index contributed by atoms with van der Waals surface area (Å²) in [6, 6.07) is 0. The summed E-state index contributed by atoms with van der Waals surface area (Å²) in [6.45, 7) is -7.22. The summed E-state index contributed by atoms with van der Waals surface area (Å²) in [5.41, 5.74) is 0. The zero-order valence-electron chi connectivity index (χ0n) is 13.4. The molecule has 180 valence electrons. The van der Waals surface area contributed by atoms with Gasteiger partial charge >= 0.3 is 54.5 Å². The highest BCUT2D eigenvalue weighted by Crippen LogP contribution is 2.51. The van der Waals surface area contributed by atoms with Gasteiger partial charge in [0.2, 0.25) is 0 Å². The van der Waals surface area contributed by atoms with Crippen LogP contribution in [0.4, 0.5) is 75.0 Å². The van der Waals surface area contributed by atoms with Gasteiger partial charge in [-0.05, 0) is 0 Å². The highest BCUT2D eigenvalue weighted by molar-refractivity contribution is 5.65. The first-order chi connectivity index (χ1) is 12.9. The van der Waals surface area contributed by atoms with Crippen LogP contribution in [0, 0.1) is 0 Å². The fourth-order valence-electron chi connectivity index (χ4n) is 1.63. The van der Waals surface area contributed by atoms with Gasteiger partial charge in [-0.1, -0.05) is 0 Å². The monoisotopic (exact) mass is 489 g/mol. The molecule has 0 saturated heterocycles. The normalized spacial score (nSPS) is 15.1. The van der Waals surface area contributed by atoms with Crippen molar-refractivity contribution < 1.29 is 80.1 Å². The van der Waals surface area contributed by atoms with E-state index in [2.05, 4.69) is 0 Å². The lowest BCUT2D eigenvalue weighted by molar-refractivity contribution is -0.348. The molecule has 0 aromatic rings. The third-order valence-electron chi connectivity index (χ3n) is 3.35. The van der Waals surface area contributed by atoms with Crippen molar-refractivity contribution in [3.05, 3.63) is 0 Å². The van der Waals surface area contributed by atoms with Crippen molar-refractivity contribution in [2.45, 2.75) is 48.4 Å². The van der Waals surface area contributed by atoms with E-state index in [-0.39, 0.29) is 0 Å². The Bertz CT molecular complexity index is 572. The molecule has 30 heavy (non-hydrogen) atoms. The van der Waals surface area contributed by atoms with Gasteiger partial charge in [0.1, 0.15) is 0 Å². The first-order valence-corrected chi connectivity index (χ1v) is 6.71. The van der Waals surface area contributed by atoms with Crippen LogP contribution in [-0.2, 0) is 0 Å². The van der Waals surface area contributed by atoms with Gasteiger partial charge in [0.25, 0.3) is 0 Å². The van der Waals surface area contributed by atoms with Crippen LogP contribution in [0.3, 0.4) is 0 Å². The molecule has 0 aliphatic carbocycles. The van der Waals surface area contributed by atoms with E-state index in [4.69, 9.17) is 5.11 Å². The minimum atomic E-state index is -7.16. The number of rotatable bonds is 10. The standard InChI is InChI=1S/C11H7F16NO2/c12-3(13)8(20,21)10(24,25)6(16,17)1-28(5(29)30)2-7(18,19)11(26,27)9(22,23)4(14)15/h3-4H,1-2H2,(H,29,30). The molecule has 0 aliphatic rings. The van der Waals surface area contributed by atoms with E-state index in [0.717, 1.165) is 0 Å². The van der Waals surface area contributed by atoms with Crippen molar-refractivity contribution in [1.29, 1.82) is 0 Å². The Labute approximate surface area is 154 Å². The first-order valence-electron chi connectivity index (χ1n) is 6.71. The van der Waals surface area contributed by atoms with E-state index in [9.17, 15) is 75.0 Å². The topological polar surface area (TPSA) is 40.5 Å². The number of carboxylic acid groups (broad SMARTS) is 1. The van der Waals surface area contributed by atoms with Crippen LogP contribution in [0.25, 0.3) is 0 Å². The number of carbonyl (C=O) groups is 1. The molecule has 0 unspecified atom stereocenters. The molecule has 0 aliphatic heterocycles. The second-order valence-corrected chi connectivity index (χ2v) is 5.54. The maximum atomic E-state index is 13.3. The van der Waals surface area contributed by atoms with Crippen molar-refractivity contribution in [3.8, 4) is 0 Å². The molecular weight excluding hydrogens is 482 g/mol. The van der Waals surface area contributed by atoms with Crippen molar-refractivity contribution >= 4 is 6.09 Å². The third kappa shape index (κ3) is 4.57. The smallest absolute Gasteiger partial charge is 0.407 e. The lowest BCUT2D eigenvalue weighted by Gasteiger charge is -2.37. The fraction of sp³-hybridized carbons (Fsp3) is 0.909. The lowest BCUT2D eigenvalue weighted by Crippen LogP contribution is -2.64. The Morgan fingerprint density at radius 3 is 1.03 bits per heavy atom. The molecule has 3 nitrogen and oxygen atoms in total. The number of amides is 1. The largest absolute Gasteiger partial charge is 0.465 e. The summed E-state index contributed by atoms with van der Waals surface area (Å²) in [6.07, 6.45) is -14.3. The maximum Gasteiger partial charge on any atom is 0.407 e. The van der Waals surface area contributed by atoms with E-state index in [1.165, 1.54) is 0 Å². The Balaban J connectivity index is 6.04. The van der Waals surface area contributed by atoms with E-state index in [0.29, 0.717) is 0 Å². The SMILES string of the molecule is O=C(O)N(CC(F)(F)C(F)(F)C(F)(F)C(F)F)CC(F)(F)C(F)(F)C(F)(F)C(F)F. The molecule has 0 heterocycles.